The summed E-state index contributed by atoms with van der Waals surface area (Å²) in [6, 6.07) is 10.6. The first-order valence-electron chi connectivity index (χ1n) is 12.8. The van der Waals surface area contributed by atoms with Crippen LogP contribution in [-0.4, -0.2) is 12.1 Å². The van der Waals surface area contributed by atoms with Crippen LogP contribution in [0.2, 0.25) is 0 Å². The van der Waals surface area contributed by atoms with Gasteiger partial charge in [0.1, 0.15) is 12.2 Å². The molecule has 0 saturated heterocycles. The first-order valence-corrected chi connectivity index (χ1v) is 12.8. The van der Waals surface area contributed by atoms with Crippen molar-refractivity contribution in [3.05, 3.63) is 59.4 Å². The summed E-state index contributed by atoms with van der Waals surface area (Å²) in [6.07, 6.45) is 17.1. The second kappa shape index (κ2) is 13.3. The molecule has 0 heterocycles. The number of carbonyl (C=O) groups is 1. The van der Waals surface area contributed by atoms with E-state index in [0.29, 0.717) is 11.8 Å². The summed E-state index contributed by atoms with van der Waals surface area (Å²) in [6.45, 7) is 2.21. The Hall–Kier alpha value is -2.41. The van der Waals surface area contributed by atoms with E-state index in [0.717, 1.165) is 70.6 Å². The highest BCUT2D eigenvalue weighted by atomic mass is 19.1. The lowest BCUT2D eigenvalue weighted by Gasteiger charge is -2.31. The molecule has 1 aromatic carbocycles. The average molecular weight is 452 g/mol. The van der Waals surface area contributed by atoms with E-state index < -0.39 is 5.83 Å². The third kappa shape index (κ3) is 8.14. The van der Waals surface area contributed by atoms with Crippen LogP contribution in [0.5, 0.6) is 0 Å². The molecule has 0 spiro atoms. The number of hydrogen-bond donors (Lipinski definition) is 0. The molecule has 3 nitrogen and oxygen atoms in total. The van der Waals surface area contributed by atoms with Crippen molar-refractivity contribution in [3.8, 4) is 6.07 Å². The van der Waals surface area contributed by atoms with Crippen molar-refractivity contribution in [2.45, 2.75) is 96.0 Å². The van der Waals surface area contributed by atoms with E-state index in [-0.39, 0.29) is 18.0 Å². The molecule has 33 heavy (non-hydrogen) atoms. The van der Waals surface area contributed by atoms with Crippen LogP contribution in [0, 0.1) is 23.2 Å². The Morgan fingerprint density at radius 2 is 1.79 bits per heavy atom. The fraction of sp³-hybridized carbons (Fsp3) is 0.586. The van der Waals surface area contributed by atoms with Gasteiger partial charge in [-0.15, -0.1) is 0 Å². The van der Waals surface area contributed by atoms with Gasteiger partial charge in [0, 0.05) is 0 Å². The van der Waals surface area contributed by atoms with Crippen molar-refractivity contribution >= 4 is 5.97 Å². The van der Waals surface area contributed by atoms with Gasteiger partial charge < -0.3 is 4.74 Å². The molecule has 2 aliphatic rings. The van der Waals surface area contributed by atoms with Gasteiger partial charge in [-0.2, -0.15) is 9.65 Å². The van der Waals surface area contributed by atoms with E-state index in [4.69, 9.17) is 10.00 Å². The second-order valence-electron chi connectivity index (χ2n) is 9.75. The number of ether oxygens (including phenoxy) is 1. The minimum Gasteiger partial charge on any atom is -0.462 e. The van der Waals surface area contributed by atoms with Crippen molar-refractivity contribution in [1.82, 2.24) is 0 Å². The Morgan fingerprint density at radius 3 is 2.42 bits per heavy atom. The molecule has 2 saturated carbocycles. The number of aryl methyl sites for hydroxylation is 1. The van der Waals surface area contributed by atoms with Gasteiger partial charge in [-0.25, -0.2) is 0 Å². The maximum absolute atomic E-state index is 12.7. The summed E-state index contributed by atoms with van der Waals surface area (Å²) in [4.78, 5) is 12.7. The molecule has 0 unspecified atom stereocenters. The first-order chi connectivity index (χ1) is 16.1. The number of nitriles is 1. The van der Waals surface area contributed by atoms with Gasteiger partial charge in [-0.05, 0) is 99.7 Å². The van der Waals surface area contributed by atoms with Gasteiger partial charge in [-0.3, -0.25) is 4.79 Å². The number of halogens is 1. The van der Waals surface area contributed by atoms with Gasteiger partial charge in [0.25, 0.3) is 0 Å². The normalized spacial score (nSPS) is 26.2. The highest BCUT2D eigenvalue weighted by molar-refractivity contribution is 5.72. The summed E-state index contributed by atoms with van der Waals surface area (Å²) < 4.78 is 18.6. The number of benzene rings is 1. The number of nitrogens with zero attached hydrogens (tertiary/aromatic N) is 1. The molecule has 0 aliphatic heterocycles. The van der Waals surface area contributed by atoms with Gasteiger partial charge in [0.2, 0.25) is 0 Å². The summed E-state index contributed by atoms with van der Waals surface area (Å²) in [5.41, 5.74) is 2.83. The number of carbonyl (C=O) groups excluding carboxylic acids is 1. The van der Waals surface area contributed by atoms with Crippen molar-refractivity contribution in [2.75, 3.05) is 0 Å². The lowest BCUT2D eigenvalue weighted by Crippen LogP contribution is -2.29. The molecular formula is C29H38FNO2. The Balaban J connectivity index is 1.33. The Kier molecular flexibility index (Phi) is 10.2. The number of rotatable bonds is 9. The van der Waals surface area contributed by atoms with Gasteiger partial charge >= 0.3 is 5.97 Å². The molecule has 0 N–H and O–H groups in total. The quantitative estimate of drug-likeness (QED) is 0.219. The van der Waals surface area contributed by atoms with Gasteiger partial charge in [0.15, 0.2) is 5.83 Å². The number of allylic oxidation sites excluding steroid dienone is 4. The zero-order valence-electron chi connectivity index (χ0n) is 20.0. The van der Waals surface area contributed by atoms with E-state index in [9.17, 15) is 9.18 Å². The third-order valence-corrected chi connectivity index (χ3v) is 7.35. The summed E-state index contributed by atoms with van der Waals surface area (Å²) in [7, 11) is 0. The number of hydrogen-bond acceptors (Lipinski definition) is 3. The molecular weight excluding hydrogens is 413 g/mol. The van der Waals surface area contributed by atoms with Crippen LogP contribution in [0.25, 0.3) is 0 Å². The molecule has 0 amide bonds. The minimum atomic E-state index is -0.761. The Morgan fingerprint density at radius 1 is 1.09 bits per heavy atom. The van der Waals surface area contributed by atoms with Crippen LogP contribution in [0.15, 0.2) is 48.3 Å². The zero-order valence-corrected chi connectivity index (χ0v) is 20.0. The van der Waals surface area contributed by atoms with Crippen LogP contribution in [0.1, 0.15) is 94.6 Å². The summed E-state index contributed by atoms with van der Waals surface area (Å²) in [5.74, 6) is 0.521. The molecule has 0 aromatic heterocycles. The highest BCUT2D eigenvalue weighted by Crippen LogP contribution is 2.37. The highest BCUT2D eigenvalue weighted by Gasteiger charge is 2.31. The van der Waals surface area contributed by atoms with Crippen LogP contribution in [0.4, 0.5) is 4.39 Å². The molecule has 0 bridgehead atoms. The third-order valence-electron chi connectivity index (χ3n) is 7.35. The van der Waals surface area contributed by atoms with Crippen LogP contribution < -0.4 is 0 Å². The molecule has 0 atom stereocenters. The monoisotopic (exact) mass is 451 g/mol. The zero-order chi connectivity index (χ0) is 23.5. The summed E-state index contributed by atoms with van der Waals surface area (Å²) in [5, 5.41) is 8.38. The minimum absolute atomic E-state index is 0.0180. The topological polar surface area (TPSA) is 50.1 Å². The lowest BCUT2D eigenvalue weighted by atomic mass is 9.78. The fourth-order valence-corrected chi connectivity index (χ4v) is 5.32. The van der Waals surface area contributed by atoms with E-state index in [1.807, 2.05) is 6.08 Å². The Bertz CT molecular complexity index is 835. The van der Waals surface area contributed by atoms with E-state index >= 15 is 0 Å². The number of esters is 1. The van der Waals surface area contributed by atoms with Crippen molar-refractivity contribution in [3.63, 3.8) is 0 Å². The molecule has 4 heteroatoms. The molecule has 178 valence electrons. The van der Waals surface area contributed by atoms with Crippen molar-refractivity contribution < 1.29 is 13.9 Å². The van der Waals surface area contributed by atoms with Gasteiger partial charge in [-0.1, -0.05) is 49.8 Å². The van der Waals surface area contributed by atoms with Crippen LogP contribution in [0.3, 0.4) is 0 Å². The van der Waals surface area contributed by atoms with Crippen LogP contribution >= 0.6 is 0 Å². The molecule has 2 fully saturated rings. The second-order valence-corrected chi connectivity index (χ2v) is 9.75. The lowest BCUT2D eigenvalue weighted by molar-refractivity contribution is -0.157. The van der Waals surface area contributed by atoms with E-state index in [1.54, 1.807) is 6.08 Å². The van der Waals surface area contributed by atoms with Crippen molar-refractivity contribution in [2.24, 2.45) is 11.8 Å². The molecule has 0 radical (unpaired) electrons. The smallest absolute Gasteiger partial charge is 0.309 e. The molecule has 1 aromatic rings. The predicted octanol–water partition coefficient (Wildman–Crippen LogP) is 7.73. The molecule has 3 rings (SSSR count). The summed E-state index contributed by atoms with van der Waals surface area (Å²) >= 11 is 0. The fourth-order valence-electron chi connectivity index (χ4n) is 5.32. The molecule has 2 aliphatic carbocycles. The standard InChI is InChI=1S/C29H38FNO2/c1-2-6-22-9-13-24(14-10-22)25-15-17-26(18-16-25)29(32)33-28-19-11-23(12-20-28)7-4-3-5-8-27(30)21-31/h3,5,8-10,13-14,23,25-26,28H,2,4,6-7,11-12,15-20H2,1H3/b5-3+,27-8?. The first kappa shape index (κ1) is 25.2. The SMILES string of the molecule is CCCc1ccc(C2CCC(C(=O)OC3CCC(CC/C=C/C=C(F)C#N)CC3)CC2)cc1. The van der Waals surface area contributed by atoms with Gasteiger partial charge in [0.05, 0.1) is 5.92 Å². The van der Waals surface area contributed by atoms with E-state index in [1.165, 1.54) is 29.7 Å². The largest absolute Gasteiger partial charge is 0.462 e. The predicted molar refractivity (Wildman–Crippen MR) is 130 cm³/mol. The van der Waals surface area contributed by atoms with E-state index in [2.05, 4.69) is 31.2 Å². The average Bonchev–Trinajstić information content (AvgIpc) is 2.85. The Labute approximate surface area is 198 Å². The van der Waals surface area contributed by atoms with Crippen LogP contribution in [-0.2, 0) is 16.0 Å². The maximum Gasteiger partial charge on any atom is 0.309 e. The van der Waals surface area contributed by atoms with Crippen molar-refractivity contribution in [1.29, 1.82) is 5.26 Å². The maximum atomic E-state index is 12.7.